The Morgan fingerprint density at radius 2 is 2.25 bits per heavy atom. The van der Waals surface area contributed by atoms with E-state index >= 15 is 0 Å². The number of nitrogens with zero attached hydrogens (tertiary/aromatic N) is 3. The molecular formula is C8H9N3S. The van der Waals surface area contributed by atoms with Gasteiger partial charge in [0.2, 0.25) is 0 Å². The molecule has 1 aromatic rings. The van der Waals surface area contributed by atoms with Gasteiger partial charge in [0, 0.05) is 18.5 Å². The SMILES string of the molecule is N#Cc1csc(N2CCCC2)n1. The van der Waals surface area contributed by atoms with Crippen LogP contribution in [-0.4, -0.2) is 18.1 Å². The van der Waals surface area contributed by atoms with Crippen molar-refractivity contribution >= 4 is 16.5 Å². The number of rotatable bonds is 1. The highest BCUT2D eigenvalue weighted by Gasteiger charge is 2.15. The van der Waals surface area contributed by atoms with E-state index < -0.39 is 0 Å². The van der Waals surface area contributed by atoms with Crippen molar-refractivity contribution in [3.63, 3.8) is 0 Å². The summed E-state index contributed by atoms with van der Waals surface area (Å²) in [6.07, 6.45) is 2.50. The molecule has 1 aliphatic heterocycles. The minimum Gasteiger partial charge on any atom is -0.348 e. The summed E-state index contributed by atoms with van der Waals surface area (Å²) in [6.45, 7) is 2.19. The molecule has 1 aromatic heterocycles. The molecule has 2 rings (SSSR count). The van der Waals surface area contributed by atoms with Gasteiger partial charge in [-0.15, -0.1) is 11.3 Å². The largest absolute Gasteiger partial charge is 0.348 e. The van der Waals surface area contributed by atoms with Crippen LogP contribution in [0.4, 0.5) is 5.13 Å². The molecule has 62 valence electrons. The molecule has 0 unspecified atom stereocenters. The maximum atomic E-state index is 8.57. The molecule has 0 N–H and O–H groups in total. The Hall–Kier alpha value is -1.08. The molecule has 12 heavy (non-hydrogen) atoms. The van der Waals surface area contributed by atoms with Gasteiger partial charge in [-0.25, -0.2) is 4.98 Å². The Morgan fingerprint density at radius 1 is 1.50 bits per heavy atom. The van der Waals surface area contributed by atoms with Gasteiger partial charge in [-0.1, -0.05) is 0 Å². The van der Waals surface area contributed by atoms with Gasteiger partial charge in [0.25, 0.3) is 0 Å². The van der Waals surface area contributed by atoms with Gasteiger partial charge in [0.1, 0.15) is 6.07 Å². The minimum atomic E-state index is 0.543. The maximum absolute atomic E-state index is 8.57. The van der Waals surface area contributed by atoms with Crippen molar-refractivity contribution in [3.8, 4) is 6.07 Å². The van der Waals surface area contributed by atoms with Crippen molar-refractivity contribution in [2.75, 3.05) is 18.0 Å². The quantitative estimate of drug-likeness (QED) is 0.657. The second kappa shape index (κ2) is 3.11. The summed E-state index contributed by atoms with van der Waals surface area (Å²) in [4.78, 5) is 6.44. The van der Waals surface area contributed by atoms with Crippen LogP contribution in [0, 0.1) is 11.3 Å². The summed E-state index contributed by atoms with van der Waals surface area (Å²) in [5, 5.41) is 11.4. The van der Waals surface area contributed by atoms with Crippen molar-refractivity contribution in [3.05, 3.63) is 11.1 Å². The third-order valence-corrected chi connectivity index (χ3v) is 2.88. The van der Waals surface area contributed by atoms with Gasteiger partial charge in [0.15, 0.2) is 10.8 Å². The van der Waals surface area contributed by atoms with Gasteiger partial charge >= 0.3 is 0 Å². The second-order valence-electron chi connectivity index (χ2n) is 2.82. The molecule has 4 heteroatoms. The van der Waals surface area contributed by atoms with E-state index in [0.29, 0.717) is 5.69 Å². The number of thiazole rings is 1. The molecule has 0 saturated carbocycles. The lowest BCUT2D eigenvalue weighted by Gasteiger charge is -2.11. The van der Waals surface area contributed by atoms with Gasteiger partial charge in [-0.05, 0) is 12.8 Å². The van der Waals surface area contributed by atoms with Crippen LogP contribution in [0.25, 0.3) is 0 Å². The summed E-state index contributed by atoms with van der Waals surface area (Å²) in [5.41, 5.74) is 0.543. The van der Waals surface area contributed by atoms with Crippen LogP contribution in [0.2, 0.25) is 0 Å². The summed E-state index contributed by atoms with van der Waals surface area (Å²) in [7, 11) is 0. The van der Waals surface area contributed by atoms with Gasteiger partial charge in [0.05, 0.1) is 0 Å². The smallest absolute Gasteiger partial charge is 0.186 e. The molecule has 1 saturated heterocycles. The molecule has 1 aliphatic rings. The molecule has 0 spiro atoms. The van der Waals surface area contributed by atoms with Crippen molar-refractivity contribution in [2.45, 2.75) is 12.8 Å². The first-order valence-electron chi connectivity index (χ1n) is 4.01. The fourth-order valence-electron chi connectivity index (χ4n) is 1.37. The lowest BCUT2D eigenvalue weighted by Crippen LogP contribution is -2.17. The third kappa shape index (κ3) is 1.28. The Balaban J connectivity index is 2.17. The monoisotopic (exact) mass is 179 g/mol. The first-order valence-corrected chi connectivity index (χ1v) is 4.89. The van der Waals surface area contributed by atoms with E-state index in [9.17, 15) is 0 Å². The first kappa shape index (κ1) is 7.56. The van der Waals surface area contributed by atoms with Crippen LogP contribution in [-0.2, 0) is 0 Å². The first-order chi connectivity index (χ1) is 5.90. The Bertz CT molecular complexity index is 306. The predicted molar refractivity (Wildman–Crippen MR) is 48.3 cm³/mol. The van der Waals surface area contributed by atoms with Gasteiger partial charge < -0.3 is 4.90 Å². The fourth-order valence-corrected chi connectivity index (χ4v) is 2.17. The zero-order chi connectivity index (χ0) is 8.39. The average molecular weight is 179 g/mol. The molecule has 0 atom stereocenters. The molecule has 2 heterocycles. The van der Waals surface area contributed by atoms with Crippen molar-refractivity contribution < 1.29 is 0 Å². The third-order valence-electron chi connectivity index (χ3n) is 1.98. The van der Waals surface area contributed by atoms with Crippen LogP contribution in [0.5, 0.6) is 0 Å². The molecule has 0 aliphatic carbocycles. The molecule has 0 amide bonds. The Labute approximate surface area is 75.3 Å². The van der Waals surface area contributed by atoms with Gasteiger partial charge in [-0.2, -0.15) is 5.26 Å². The molecular weight excluding hydrogens is 170 g/mol. The lowest BCUT2D eigenvalue weighted by molar-refractivity contribution is 0.949. The van der Waals surface area contributed by atoms with E-state index in [1.807, 2.05) is 11.4 Å². The molecule has 0 bridgehead atoms. The summed E-state index contributed by atoms with van der Waals surface area (Å²) >= 11 is 1.56. The highest BCUT2D eigenvalue weighted by atomic mass is 32.1. The fraction of sp³-hybridized carbons (Fsp3) is 0.500. The topological polar surface area (TPSA) is 39.9 Å². The molecule has 0 radical (unpaired) electrons. The normalized spacial score (nSPS) is 16.4. The molecule has 0 aromatic carbocycles. The second-order valence-corrected chi connectivity index (χ2v) is 3.66. The summed E-state index contributed by atoms with van der Waals surface area (Å²) in [6, 6.07) is 2.04. The van der Waals surface area contributed by atoms with E-state index in [4.69, 9.17) is 5.26 Å². The molecule has 3 nitrogen and oxygen atoms in total. The zero-order valence-electron chi connectivity index (χ0n) is 6.66. The summed E-state index contributed by atoms with van der Waals surface area (Å²) in [5.74, 6) is 0. The Morgan fingerprint density at radius 3 is 2.83 bits per heavy atom. The van der Waals surface area contributed by atoms with Crippen molar-refractivity contribution in [2.24, 2.45) is 0 Å². The average Bonchev–Trinajstić information content (AvgIpc) is 2.75. The number of hydrogen-bond acceptors (Lipinski definition) is 4. The zero-order valence-corrected chi connectivity index (χ0v) is 7.47. The van der Waals surface area contributed by atoms with Crippen molar-refractivity contribution in [1.82, 2.24) is 4.98 Å². The predicted octanol–water partition coefficient (Wildman–Crippen LogP) is 1.61. The Kier molecular flexibility index (Phi) is 1.96. The summed E-state index contributed by atoms with van der Waals surface area (Å²) < 4.78 is 0. The van der Waals surface area contributed by atoms with Gasteiger partial charge in [-0.3, -0.25) is 0 Å². The highest BCUT2D eigenvalue weighted by Crippen LogP contribution is 2.23. The van der Waals surface area contributed by atoms with E-state index in [2.05, 4.69) is 9.88 Å². The number of hydrogen-bond donors (Lipinski definition) is 0. The van der Waals surface area contributed by atoms with Crippen LogP contribution in [0.3, 0.4) is 0 Å². The highest BCUT2D eigenvalue weighted by molar-refractivity contribution is 7.13. The minimum absolute atomic E-state index is 0.543. The van der Waals surface area contributed by atoms with Crippen molar-refractivity contribution in [1.29, 1.82) is 5.26 Å². The lowest BCUT2D eigenvalue weighted by atomic mass is 10.4. The number of nitriles is 1. The van der Waals surface area contributed by atoms with Crippen LogP contribution in [0.1, 0.15) is 18.5 Å². The number of anilines is 1. The van der Waals surface area contributed by atoms with E-state index in [1.54, 1.807) is 11.3 Å². The number of aromatic nitrogens is 1. The van der Waals surface area contributed by atoms with E-state index in [-0.39, 0.29) is 0 Å². The van der Waals surface area contributed by atoms with Crippen LogP contribution >= 0.6 is 11.3 Å². The van der Waals surface area contributed by atoms with E-state index in [1.165, 1.54) is 12.8 Å². The maximum Gasteiger partial charge on any atom is 0.186 e. The van der Waals surface area contributed by atoms with E-state index in [0.717, 1.165) is 18.2 Å². The molecule has 1 fully saturated rings. The van der Waals surface area contributed by atoms with Crippen LogP contribution < -0.4 is 4.90 Å². The van der Waals surface area contributed by atoms with Crippen LogP contribution in [0.15, 0.2) is 5.38 Å². The standard InChI is InChI=1S/C8H9N3S/c9-5-7-6-12-8(10-7)11-3-1-2-4-11/h6H,1-4H2.